The Kier molecular flexibility index (Phi) is 3.19. The van der Waals surface area contributed by atoms with Crippen LogP contribution < -0.4 is 5.32 Å². The van der Waals surface area contributed by atoms with E-state index in [9.17, 15) is 0 Å². The van der Waals surface area contributed by atoms with Crippen LogP contribution in [0.2, 0.25) is 0 Å². The normalized spacial score (nSPS) is 30.3. The monoisotopic (exact) mass is 243 g/mol. The Hall–Kier alpha value is -0.820. The maximum absolute atomic E-state index is 3.78. The van der Waals surface area contributed by atoms with Crippen molar-refractivity contribution in [2.45, 2.75) is 64.5 Å². The molecule has 0 saturated heterocycles. The van der Waals surface area contributed by atoms with Crippen molar-refractivity contribution in [3.05, 3.63) is 34.9 Å². The fourth-order valence-corrected chi connectivity index (χ4v) is 3.94. The molecule has 1 nitrogen and oxygen atoms in total. The van der Waals surface area contributed by atoms with Gasteiger partial charge in [0.1, 0.15) is 0 Å². The molecular weight excluding hydrogens is 218 g/mol. The van der Waals surface area contributed by atoms with E-state index in [0.717, 1.165) is 24.3 Å². The van der Waals surface area contributed by atoms with Gasteiger partial charge in [-0.05, 0) is 53.7 Å². The molecule has 0 amide bonds. The van der Waals surface area contributed by atoms with Gasteiger partial charge in [0.15, 0.2) is 0 Å². The van der Waals surface area contributed by atoms with Gasteiger partial charge >= 0.3 is 0 Å². The predicted octanol–water partition coefficient (Wildman–Crippen LogP) is 4.19. The molecule has 0 spiro atoms. The fourth-order valence-electron chi connectivity index (χ4n) is 3.94. The standard InChI is InChI=1S/C17H25N/c1-11(2)9-16-15-8-7-12(3)14-6-4-5-13(10-18-16)17(14)15/h4-6,11-12,15-16,18H,7-10H2,1-3H3. The molecule has 1 aliphatic carbocycles. The van der Waals surface area contributed by atoms with E-state index in [4.69, 9.17) is 0 Å². The molecule has 18 heavy (non-hydrogen) atoms. The van der Waals surface area contributed by atoms with Gasteiger partial charge in [-0.1, -0.05) is 39.0 Å². The van der Waals surface area contributed by atoms with Crippen LogP contribution in [0.25, 0.3) is 0 Å². The summed E-state index contributed by atoms with van der Waals surface area (Å²) in [7, 11) is 0. The van der Waals surface area contributed by atoms with Crippen molar-refractivity contribution in [2.24, 2.45) is 5.92 Å². The van der Waals surface area contributed by atoms with Crippen LogP contribution in [0.4, 0.5) is 0 Å². The van der Waals surface area contributed by atoms with Gasteiger partial charge in [0.05, 0.1) is 0 Å². The van der Waals surface area contributed by atoms with Crippen molar-refractivity contribution in [1.29, 1.82) is 0 Å². The molecule has 0 saturated carbocycles. The predicted molar refractivity (Wildman–Crippen MR) is 76.9 cm³/mol. The van der Waals surface area contributed by atoms with Crippen molar-refractivity contribution in [3.8, 4) is 0 Å². The SMILES string of the molecule is CC(C)CC1NCc2cccc3c2C1CCC3C. The molecule has 3 atom stereocenters. The largest absolute Gasteiger partial charge is 0.309 e. The lowest BCUT2D eigenvalue weighted by Crippen LogP contribution is -2.42. The summed E-state index contributed by atoms with van der Waals surface area (Å²) in [6.07, 6.45) is 4.04. The zero-order valence-electron chi connectivity index (χ0n) is 11.9. The van der Waals surface area contributed by atoms with Gasteiger partial charge in [-0.2, -0.15) is 0 Å². The third kappa shape index (κ3) is 1.99. The molecule has 1 aromatic carbocycles. The van der Waals surface area contributed by atoms with Gasteiger partial charge in [0.25, 0.3) is 0 Å². The smallest absolute Gasteiger partial charge is 0.0211 e. The van der Waals surface area contributed by atoms with Crippen LogP contribution in [-0.2, 0) is 6.54 Å². The second-order valence-electron chi connectivity index (χ2n) is 6.62. The molecule has 0 radical (unpaired) electrons. The molecule has 1 aromatic rings. The Morgan fingerprint density at radius 1 is 1.28 bits per heavy atom. The molecule has 0 fully saturated rings. The Morgan fingerprint density at radius 2 is 2.11 bits per heavy atom. The minimum Gasteiger partial charge on any atom is -0.309 e. The zero-order chi connectivity index (χ0) is 12.7. The lowest BCUT2D eigenvalue weighted by Gasteiger charge is -2.41. The number of hydrogen-bond donors (Lipinski definition) is 1. The second kappa shape index (κ2) is 4.70. The fraction of sp³-hybridized carbons (Fsp3) is 0.647. The van der Waals surface area contributed by atoms with E-state index in [-0.39, 0.29) is 0 Å². The Bertz CT molecular complexity index is 435. The van der Waals surface area contributed by atoms with Crippen LogP contribution in [0.1, 0.15) is 68.6 Å². The molecule has 1 heterocycles. The van der Waals surface area contributed by atoms with Crippen molar-refractivity contribution in [3.63, 3.8) is 0 Å². The van der Waals surface area contributed by atoms with Crippen LogP contribution in [0.5, 0.6) is 0 Å². The summed E-state index contributed by atoms with van der Waals surface area (Å²) in [5.41, 5.74) is 4.91. The lowest BCUT2D eigenvalue weighted by atomic mass is 9.69. The van der Waals surface area contributed by atoms with E-state index in [0.29, 0.717) is 6.04 Å². The highest BCUT2D eigenvalue weighted by atomic mass is 14.9. The van der Waals surface area contributed by atoms with Crippen LogP contribution in [-0.4, -0.2) is 6.04 Å². The molecule has 3 unspecified atom stereocenters. The molecule has 1 aliphatic heterocycles. The summed E-state index contributed by atoms with van der Waals surface area (Å²) in [5, 5.41) is 3.78. The van der Waals surface area contributed by atoms with Gasteiger partial charge < -0.3 is 5.32 Å². The summed E-state index contributed by atoms with van der Waals surface area (Å²) in [4.78, 5) is 0. The van der Waals surface area contributed by atoms with E-state index >= 15 is 0 Å². The summed E-state index contributed by atoms with van der Waals surface area (Å²) in [5.74, 6) is 2.31. The molecule has 98 valence electrons. The highest BCUT2D eigenvalue weighted by molar-refractivity contribution is 5.44. The van der Waals surface area contributed by atoms with Crippen LogP contribution in [0.3, 0.4) is 0 Å². The minimum absolute atomic E-state index is 0.700. The first-order valence-electron chi connectivity index (χ1n) is 7.52. The molecular formula is C17H25N. The van der Waals surface area contributed by atoms with Crippen LogP contribution in [0.15, 0.2) is 18.2 Å². The zero-order valence-corrected chi connectivity index (χ0v) is 11.9. The maximum atomic E-state index is 3.78. The lowest BCUT2D eigenvalue weighted by molar-refractivity contribution is 0.309. The number of rotatable bonds is 2. The van der Waals surface area contributed by atoms with E-state index < -0.39 is 0 Å². The Morgan fingerprint density at radius 3 is 2.89 bits per heavy atom. The molecule has 1 heteroatoms. The van der Waals surface area contributed by atoms with Gasteiger partial charge in [-0.25, -0.2) is 0 Å². The summed E-state index contributed by atoms with van der Waals surface area (Å²) in [6.45, 7) is 8.15. The second-order valence-corrected chi connectivity index (χ2v) is 6.62. The Labute approximate surface area is 111 Å². The van der Waals surface area contributed by atoms with Crippen molar-refractivity contribution < 1.29 is 0 Å². The number of benzene rings is 1. The molecule has 2 aliphatic rings. The third-order valence-corrected chi connectivity index (χ3v) is 4.81. The summed E-state index contributed by atoms with van der Waals surface area (Å²) < 4.78 is 0. The average molecular weight is 243 g/mol. The van der Waals surface area contributed by atoms with Gasteiger partial charge in [-0.3, -0.25) is 0 Å². The summed E-state index contributed by atoms with van der Waals surface area (Å²) >= 11 is 0. The van der Waals surface area contributed by atoms with Gasteiger partial charge in [-0.15, -0.1) is 0 Å². The molecule has 0 bridgehead atoms. The van der Waals surface area contributed by atoms with E-state index in [1.807, 2.05) is 0 Å². The first kappa shape index (κ1) is 12.2. The number of hydrogen-bond acceptors (Lipinski definition) is 1. The van der Waals surface area contributed by atoms with Crippen molar-refractivity contribution >= 4 is 0 Å². The van der Waals surface area contributed by atoms with Crippen molar-refractivity contribution in [2.75, 3.05) is 0 Å². The van der Waals surface area contributed by atoms with E-state index in [1.165, 1.54) is 19.3 Å². The average Bonchev–Trinajstić information content (AvgIpc) is 2.35. The summed E-state index contributed by atoms with van der Waals surface area (Å²) in [6, 6.07) is 7.64. The van der Waals surface area contributed by atoms with Gasteiger partial charge in [0, 0.05) is 12.6 Å². The topological polar surface area (TPSA) is 12.0 Å². The Balaban J connectivity index is 1.99. The third-order valence-electron chi connectivity index (χ3n) is 4.81. The quantitative estimate of drug-likeness (QED) is 0.821. The molecule has 3 rings (SSSR count). The van der Waals surface area contributed by atoms with Crippen molar-refractivity contribution in [1.82, 2.24) is 5.32 Å². The molecule has 1 N–H and O–H groups in total. The first-order valence-corrected chi connectivity index (χ1v) is 7.52. The van der Waals surface area contributed by atoms with Crippen LogP contribution in [0, 0.1) is 5.92 Å². The molecule has 0 aromatic heterocycles. The minimum atomic E-state index is 0.700. The first-order chi connectivity index (χ1) is 8.66. The maximum Gasteiger partial charge on any atom is 0.0211 e. The highest BCUT2D eigenvalue weighted by Crippen LogP contribution is 2.44. The highest BCUT2D eigenvalue weighted by Gasteiger charge is 2.35. The van der Waals surface area contributed by atoms with E-state index in [1.54, 1.807) is 16.7 Å². The van der Waals surface area contributed by atoms with Gasteiger partial charge in [0.2, 0.25) is 0 Å². The van der Waals surface area contributed by atoms with E-state index in [2.05, 4.69) is 44.3 Å². The number of nitrogens with one attached hydrogen (secondary N) is 1. The van der Waals surface area contributed by atoms with Crippen LogP contribution >= 0.6 is 0 Å².